The van der Waals surface area contributed by atoms with Crippen molar-refractivity contribution >= 4 is 22.5 Å². The summed E-state index contributed by atoms with van der Waals surface area (Å²) in [4.78, 5) is 36.1. The summed E-state index contributed by atoms with van der Waals surface area (Å²) in [6, 6.07) is 14.8. The standard InChI is InChI=1S/C18H12O4/c1-11(19)16-14(17(21)12-5-3-2-4-6-12)9-7-13-8-10-15(20)22-18(13)16/h2-10H,1H3. The lowest BCUT2D eigenvalue weighted by Gasteiger charge is -2.08. The van der Waals surface area contributed by atoms with Gasteiger partial charge in [0.1, 0.15) is 5.58 Å². The summed E-state index contributed by atoms with van der Waals surface area (Å²) < 4.78 is 5.15. The number of carbonyl (C=O) groups is 2. The van der Waals surface area contributed by atoms with Gasteiger partial charge in [-0.25, -0.2) is 4.79 Å². The Balaban J connectivity index is 2.30. The first kappa shape index (κ1) is 13.9. The second-order valence-corrected chi connectivity index (χ2v) is 4.91. The van der Waals surface area contributed by atoms with Crippen molar-refractivity contribution in [2.24, 2.45) is 0 Å². The van der Waals surface area contributed by atoms with Gasteiger partial charge in [-0.2, -0.15) is 0 Å². The highest BCUT2D eigenvalue weighted by Crippen LogP contribution is 2.24. The molecule has 0 aliphatic carbocycles. The first-order valence-electron chi connectivity index (χ1n) is 6.75. The van der Waals surface area contributed by atoms with Gasteiger partial charge in [-0.1, -0.05) is 36.4 Å². The molecule has 2 aromatic carbocycles. The smallest absolute Gasteiger partial charge is 0.336 e. The second kappa shape index (κ2) is 5.41. The molecule has 4 heteroatoms. The molecule has 3 aromatic rings. The van der Waals surface area contributed by atoms with E-state index in [1.807, 2.05) is 6.07 Å². The lowest BCUT2D eigenvalue weighted by Crippen LogP contribution is -2.10. The van der Waals surface area contributed by atoms with Crippen LogP contribution in [0.15, 0.2) is 63.8 Å². The minimum absolute atomic E-state index is 0.143. The zero-order chi connectivity index (χ0) is 15.7. The normalized spacial score (nSPS) is 10.6. The van der Waals surface area contributed by atoms with E-state index in [1.54, 1.807) is 42.5 Å². The fourth-order valence-corrected chi connectivity index (χ4v) is 2.42. The van der Waals surface area contributed by atoms with Crippen LogP contribution in [0.4, 0.5) is 0 Å². The summed E-state index contributed by atoms with van der Waals surface area (Å²) in [7, 11) is 0. The van der Waals surface area contributed by atoms with E-state index in [-0.39, 0.29) is 28.3 Å². The summed E-state index contributed by atoms with van der Waals surface area (Å²) in [5, 5.41) is 0.606. The fraction of sp³-hybridized carbons (Fsp3) is 0.0556. The molecule has 0 saturated carbocycles. The van der Waals surface area contributed by atoms with Gasteiger partial charge in [0.25, 0.3) is 0 Å². The maximum Gasteiger partial charge on any atom is 0.336 e. The second-order valence-electron chi connectivity index (χ2n) is 4.91. The average molecular weight is 292 g/mol. The highest BCUT2D eigenvalue weighted by molar-refractivity contribution is 6.19. The van der Waals surface area contributed by atoms with E-state index in [0.717, 1.165) is 0 Å². The van der Waals surface area contributed by atoms with E-state index in [9.17, 15) is 14.4 Å². The zero-order valence-corrected chi connectivity index (χ0v) is 11.8. The number of carbonyl (C=O) groups excluding carboxylic acids is 2. The molecule has 0 aliphatic heterocycles. The molecule has 108 valence electrons. The lowest BCUT2D eigenvalue weighted by molar-refractivity contribution is 0.0990. The van der Waals surface area contributed by atoms with Crippen LogP contribution < -0.4 is 5.63 Å². The van der Waals surface area contributed by atoms with Crippen molar-refractivity contribution in [2.45, 2.75) is 6.92 Å². The Morgan fingerprint density at radius 3 is 2.27 bits per heavy atom. The third-order valence-corrected chi connectivity index (χ3v) is 3.42. The van der Waals surface area contributed by atoms with Gasteiger partial charge in [0.2, 0.25) is 0 Å². The van der Waals surface area contributed by atoms with Gasteiger partial charge in [-0.3, -0.25) is 9.59 Å². The molecule has 0 atom stereocenters. The number of ketones is 2. The predicted octanol–water partition coefficient (Wildman–Crippen LogP) is 3.23. The molecule has 0 saturated heterocycles. The first-order valence-corrected chi connectivity index (χ1v) is 6.75. The fourth-order valence-electron chi connectivity index (χ4n) is 2.42. The zero-order valence-electron chi connectivity index (χ0n) is 11.8. The van der Waals surface area contributed by atoms with Gasteiger partial charge in [0.05, 0.1) is 5.56 Å². The van der Waals surface area contributed by atoms with Gasteiger partial charge in [-0.15, -0.1) is 0 Å². The maximum absolute atomic E-state index is 12.6. The molecule has 4 nitrogen and oxygen atoms in total. The predicted molar refractivity (Wildman–Crippen MR) is 82.4 cm³/mol. The number of fused-ring (bicyclic) bond motifs is 1. The monoisotopic (exact) mass is 292 g/mol. The Kier molecular flexibility index (Phi) is 3.43. The molecule has 0 aliphatic rings. The van der Waals surface area contributed by atoms with Crippen molar-refractivity contribution in [1.82, 2.24) is 0 Å². The molecular formula is C18H12O4. The van der Waals surface area contributed by atoms with E-state index >= 15 is 0 Å². The SMILES string of the molecule is CC(=O)c1c(C(=O)c2ccccc2)ccc2ccc(=O)oc12. The summed E-state index contributed by atoms with van der Waals surface area (Å²) >= 11 is 0. The van der Waals surface area contributed by atoms with Crippen LogP contribution in [0.25, 0.3) is 11.0 Å². The molecule has 1 heterocycles. The number of rotatable bonds is 3. The van der Waals surface area contributed by atoms with E-state index in [0.29, 0.717) is 10.9 Å². The van der Waals surface area contributed by atoms with Crippen molar-refractivity contribution < 1.29 is 14.0 Å². The highest BCUT2D eigenvalue weighted by atomic mass is 16.4. The Hall–Kier alpha value is -3.01. The number of Topliss-reactive ketones (excluding diaryl/α,β-unsaturated/α-hetero) is 1. The van der Waals surface area contributed by atoms with Crippen LogP contribution in [0.1, 0.15) is 33.2 Å². The van der Waals surface area contributed by atoms with E-state index in [2.05, 4.69) is 0 Å². The topological polar surface area (TPSA) is 64.3 Å². The molecule has 0 radical (unpaired) electrons. The molecule has 1 aromatic heterocycles. The van der Waals surface area contributed by atoms with Crippen molar-refractivity contribution in [2.75, 3.05) is 0 Å². The minimum Gasteiger partial charge on any atom is -0.422 e. The Bertz CT molecular complexity index is 936. The minimum atomic E-state index is -0.556. The Morgan fingerprint density at radius 1 is 0.909 bits per heavy atom. The van der Waals surface area contributed by atoms with Crippen LogP contribution in [0.3, 0.4) is 0 Å². The molecular weight excluding hydrogens is 280 g/mol. The van der Waals surface area contributed by atoms with Gasteiger partial charge < -0.3 is 4.42 Å². The third kappa shape index (κ3) is 2.35. The summed E-state index contributed by atoms with van der Waals surface area (Å²) in [6.45, 7) is 1.35. The largest absolute Gasteiger partial charge is 0.422 e. The first-order chi connectivity index (χ1) is 10.6. The molecule has 22 heavy (non-hydrogen) atoms. The molecule has 0 fully saturated rings. The third-order valence-electron chi connectivity index (χ3n) is 3.42. The van der Waals surface area contributed by atoms with Gasteiger partial charge in [-0.05, 0) is 19.1 Å². The molecule has 0 bridgehead atoms. The van der Waals surface area contributed by atoms with Crippen LogP contribution >= 0.6 is 0 Å². The van der Waals surface area contributed by atoms with Crippen molar-refractivity contribution in [1.29, 1.82) is 0 Å². The van der Waals surface area contributed by atoms with Crippen LogP contribution in [0.2, 0.25) is 0 Å². The van der Waals surface area contributed by atoms with E-state index < -0.39 is 5.63 Å². The van der Waals surface area contributed by atoms with Crippen LogP contribution in [0.5, 0.6) is 0 Å². The Morgan fingerprint density at radius 2 is 1.59 bits per heavy atom. The van der Waals surface area contributed by atoms with Gasteiger partial charge in [0.15, 0.2) is 11.6 Å². The van der Waals surface area contributed by atoms with Crippen LogP contribution in [-0.4, -0.2) is 11.6 Å². The van der Waals surface area contributed by atoms with Crippen molar-refractivity contribution in [3.8, 4) is 0 Å². The van der Waals surface area contributed by atoms with E-state index in [4.69, 9.17) is 4.42 Å². The molecule has 0 N–H and O–H groups in total. The number of hydrogen-bond acceptors (Lipinski definition) is 4. The van der Waals surface area contributed by atoms with Crippen LogP contribution in [0, 0.1) is 0 Å². The number of benzene rings is 2. The van der Waals surface area contributed by atoms with E-state index in [1.165, 1.54) is 13.0 Å². The maximum atomic E-state index is 12.6. The highest BCUT2D eigenvalue weighted by Gasteiger charge is 2.20. The molecule has 0 amide bonds. The van der Waals surface area contributed by atoms with Gasteiger partial charge in [0, 0.05) is 22.6 Å². The van der Waals surface area contributed by atoms with Crippen LogP contribution in [-0.2, 0) is 0 Å². The quantitative estimate of drug-likeness (QED) is 0.549. The molecule has 0 spiro atoms. The van der Waals surface area contributed by atoms with Gasteiger partial charge >= 0.3 is 5.63 Å². The molecule has 3 rings (SSSR count). The Labute approximate surface area is 126 Å². The average Bonchev–Trinajstić information content (AvgIpc) is 2.53. The lowest BCUT2D eigenvalue weighted by atomic mass is 9.94. The van der Waals surface area contributed by atoms with Crippen molar-refractivity contribution in [3.63, 3.8) is 0 Å². The summed E-state index contributed by atoms with van der Waals surface area (Å²) in [6.07, 6.45) is 0. The summed E-state index contributed by atoms with van der Waals surface area (Å²) in [5.74, 6) is -0.599. The van der Waals surface area contributed by atoms with Crippen molar-refractivity contribution in [3.05, 3.63) is 81.7 Å². The summed E-state index contributed by atoms with van der Waals surface area (Å²) in [5.41, 5.74) is 0.452. The molecule has 0 unspecified atom stereocenters. The number of hydrogen-bond donors (Lipinski definition) is 0.